The number of nitrogens with zero attached hydrogens (tertiary/aromatic N) is 3. The molecule has 4 heteroatoms. The van der Waals surface area contributed by atoms with Crippen LogP contribution in [0.25, 0.3) is 53.9 Å². The van der Waals surface area contributed by atoms with E-state index in [1.54, 1.807) is 5.56 Å². The van der Waals surface area contributed by atoms with Gasteiger partial charge in [0, 0.05) is 66.7 Å². The van der Waals surface area contributed by atoms with E-state index in [2.05, 4.69) is 140 Å². The summed E-state index contributed by atoms with van der Waals surface area (Å²) in [4.78, 5) is 0. The van der Waals surface area contributed by atoms with Crippen molar-refractivity contribution in [2.45, 2.75) is 96.6 Å². The molecule has 6 heterocycles. The van der Waals surface area contributed by atoms with Gasteiger partial charge in [-0.05, 0) is 69.7 Å². The normalized spacial score (nSPS) is 21.4. The van der Waals surface area contributed by atoms with Crippen LogP contribution in [0, 0.1) is 13.8 Å². The van der Waals surface area contributed by atoms with Gasteiger partial charge in [0.25, 0.3) is 5.82 Å². The summed E-state index contributed by atoms with van der Waals surface area (Å²) in [5, 5.41) is 2.78. The van der Waals surface area contributed by atoms with Crippen molar-refractivity contribution in [1.82, 2.24) is 4.57 Å². The zero-order valence-corrected chi connectivity index (χ0v) is 31.2. The van der Waals surface area contributed by atoms with Gasteiger partial charge in [0.05, 0.1) is 18.2 Å². The summed E-state index contributed by atoms with van der Waals surface area (Å²) < 4.78 is 10.9. The Bertz CT molecular complexity index is 2570. The fourth-order valence-electron chi connectivity index (χ4n) is 10.9. The van der Waals surface area contributed by atoms with Gasteiger partial charge < -0.3 is 0 Å². The molecule has 0 bridgehead atoms. The molecule has 250 valence electrons. The van der Waals surface area contributed by atoms with Gasteiger partial charge in [-0.15, -0.1) is 11.3 Å². The Morgan fingerprint density at radius 2 is 1.74 bits per heavy atom. The highest BCUT2D eigenvalue weighted by Gasteiger charge is 2.62. The molecule has 0 amide bonds. The van der Waals surface area contributed by atoms with Crippen LogP contribution >= 0.6 is 11.3 Å². The Hall–Kier alpha value is -4.28. The summed E-state index contributed by atoms with van der Waals surface area (Å²) in [6, 6.07) is 31.0. The highest BCUT2D eigenvalue weighted by molar-refractivity contribution is 7.26. The Balaban J connectivity index is 1.15. The molecule has 3 atom stereocenters. The van der Waals surface area contributed by atoms with Crippen LogP contribution in [-0.2, 0) is 30.8 Å². The van der Waals surface area contributed by atoms with E-state index in [0.29, 0.717) is 6.04 Å². The van der Waals surface area contributed by atoms with Crippen molar-refractivity contribution in [2.75, 3.05) is 0 Å². The molecule has 3 unspecified atom stereocenters. The molecule has 3 aromatic heterocycles. The number of thiophene rings is 1. The third-order valence-electron chi connectivity index (χ3n) is 13.5. The van der Waals surface area contributed by atoms with Gasteiger partial charge in [0.2, 0.25) is 5.69 Å². The molecule has 0 saturated heterocycles. The summed E-state index contributed by atoms with van der Waals surface area (Å²) in [7, 11) is 2.33. The minimum absolute atomic E-state index is 0.0108. The molecule has 0 N–H and O–H groups in total. The van der Waals surface area contributed by atoms with Crippen molar-refractivity contribution in [3.8, 4) is 22.6 Å². The molecular formula is C46H47N3S+2. The maximum Gasteiger partial charge on any atom is 0.290 e. The van der Waals surface area contributed by atoms with Gasteiger partial charge in [-0.1, -0.05) is 80.9 Å². The van der Waals surface area contributed by atoms with Crippen LogP contribution in [0.5, 0.6) is 0 Å². The van der Waals surface area contributed by atoms with E-state index >= 15 is 0 Å². The van der Waals surface area contributed by atoms with Crippen LogP contribution in [0.4, 0.5) is 0 Å². The molecule has 10 rings (SSSR count). The second kappa shape index (κ2) is 10.6. The first-order chi connectivity index (χ1) is 24.3. The van der Waals surface area contributed by atoms with E-state index in [1.165, 1.54) is 94.5 Å². The van der Waals surface area contributed by atoms with Crippen LogP contribution in [0.3, 0.4) is 0 Å². The first-order valence-corrected chi connectivity index (χ1v) is 19.8. The van der Waals surface area contributed by atoms with Gasteiger partial charge in [0.15, 0.2) is 23.3 Å². The van der Waals surface area contributed by atoms with Crippen LogP contribution in [0.1, 0.15) is 92.3 Å². The van der Waals surface area contributed by atoms with Gasteiger partial charge in [-0.2, -0.15) is 4.57 Å². The lowest BCUT2D eigenvalue weighted by Crippen LogP contribution is -2.55. The van der Waals surface area contributed by atoms with Crippen molar-refractivity contribution in [2.24, 2.45) is 7.05 Å². The maximum atomic E-state index is 2.83. The zero-order valence-electron chi connectivity index (χ0n) is 30.4. The van der Waals surface area contributed by atoms with E-state index in [-0.39, 0.29) is 11.0 Å². The Kier molecular flexibility index (Phi) is 6.49. The average Bonchev–Trinajstić information content (AvgIpc) is 3.84. The van der Waals surface area contributed by atoms with Crippen molar-refractivity contribution in [3.63, 3.8) is 0 Å². The summed E-state index contributed by atoms with van der Waals surface area (Å²) in [5.41, 5.74) is 16.0. The number of aromatic nitrogens is 3. The molecule has 50 heavy (non-hydrogen) atoms. The van der Waals surface area contributed by atoms with Gasteiger partial charge in [-0.3, -0.25) is 0 Å². The topological polar surface area (TPSA) is 12.7 Å². The molecule has 3 aliphatic rings. The number of imidazole rings is 1. The zero-order chi connectivity index (χ0) is 34.1. The van der Waals surface area contributed by atoms with E-state index < -0.39 is 0 Å². The minimum atomic E-state index is -0.0514. The standard InChI is InChI=1S/C46H47N3S/c1-7-9-14-30-19-20-31-26-45(5)46(8-2,36-17-12-10-16-34(36)44-47(6)41(30)42(31)49(44)45)24-23-37-35-22-21-33-32-15-11-13-18-39(32)50-43(33)40(35)38-25-28(3)29(4)27-48(37)38/h10-13,15-22,25,27,37H,7-9,14,23-24,26H2,1-6H3/q+2. The van der Waals surface area contributed by atoms with Crippen LogP contribution < -0.4 is 9.13 Å². The van der Waals surface area contributed by atoms with Crippen molar-refractivity contribution >= 4 is 42.5 Å². The summed E-state index contributed by atoms with van der Waals surface area (Å²) in [6.45, 7) is 12.0. The third-order valence-corrected chi connectivity index (χ3v) is 14.7. The van der Waals surface area contributed by atoms with E-state index in [1.807, 2.05) is 11.3 Å². The predicted octanol–water partition coefficient (Wildman–Crippen LogP) is 10.7. The molecule has 0 fully saturated rings. The Morgan fingerprint density at radius 1 is 0.920 bits per heavy atom. The highest BCUT2D eigenvalue weighted by atomic mass is 32.1. The van der Waals surface area contributed by atoms with Crippen LogP contribution in [-0.4, -0.2) is 4.57 Å². The Labute approximate surface area is 299 Å². The SMILES string of the molecule is CCCCc1ccc2c3c1[n+](C)c1n3C(C)(C2)C(CC)(CCC2c3ccc4c(sc5ccccc54)c3-c3cc(C)c(C)c[n+]32)c2ccccc2-1. The monoisotopic (exact) mass is 673 g/mol. The largest absolute Gasteiger partial charge is 0.290 e. The number of rotatable bonds is 7. The fraction of sp³-hybridized carbons (Fsp3) is 0.348. The van der Waals surface area contributed by atoms with Crippen LogP contribution in [0.15, 0.2) is 85.1 Å². The van der Waals surface area contributed by atoms with E-state index in [0.717, 1.165) is 32.1 Å². The molecule has 0 saturated carbocycles. The molecule has 3 aliphatic heterocycles. The van der Waals surface area contributed by atoms with Gasteiger partial charge in [0.1, 0.15) is 5.54 Å². The molecule has 0 spiro atoms. The second-order valence-electron chi connectivity index (χ2n) is 15.8. The van der Waals surface area contributed by atoms with E-state index in [4.69, 9.17) is 0 Å². The van der Waals surface area contributed by atoms with Crippen LogP contribution in [0.2, 0.25) is 0 Å². The number of unbranched alkanes of at least 4 members (excludes halogenated alkanes) is 1. The molecule has 0 aliphatic carbocycles. The molecule has 7 aromatic rings. The fourth-order valence-corrected chi connectivity index (χ4v) is 12.2. The highest BCUT2D eigenvalue weighted by Crippen LogP contribution is 2.60. The molecule has 4 aromatic carbocycles. The lowest BCUT2D eigenvalue weighted by atomic mass is 9.58. The minimum Gasteiger partial charge on any atom is -0.225 e. The predicted molar refractivity (Wildman–Crippen MR) is 208 cm³/mol. The molecular weight excluding hydrogens is 627 g/mol. The molecule has 0 radical (unpaired) electrons. The van der Waals surface area contributed by atoms with E-state index in [9.17, 15) is 0 Å². The smallest absolute Gasteiger partial charge is 0.225 e. The number of hydrogen-bond donors (Lipinski definition) is 0. The quantitative estimate of drug-likeness (QED) is 0.149. The number of fused-ring (bicyclic) bond motifs is 9. The van der Waals surface area contributed by atoms with Gasteiger partial charge in [-0.25, -0.2) is 9.13 Å². The summed E-state index contributed by atoms with van der Waals surface area (Å²) >= 11 is 1.97. The number of hydrogen-bond acceptors (Lipinski definition) is 1. The van der Waals surface area contributed by atoms with Crippen molar-refractivity contribution in [1.29, 1.82) is 0 Å². The second-order valence-corrected chi connectivity index (χ2v) is 16.9. The number of benzene rings is 4. The van der Waals surface area contributed by atoms with Crippen molar-refractivity contribution in [3.05, 3.63) is 118 Å². The van der Waals surface area contributed by atoms with Crippen molar-refractivity contribution < 1.29 is 9.13 Å². The van der Waals surface area contributed by atoms with Gasteiger partial charge >= 0.3 is 0 Å². The lowest BCUT2D eigenvalue weighted by Gasteiger charge is -2.49. The molecule has 3 nitrogen and oxygen atoms in total. The first kappa shape index (κ1) is 30.5. The Morgan fingerprint density at radius 3 is 2.58 bits per heavy atom. The summed E-state index contributed by atoms with van der Waals surface area (Å²) in [6.07, 6.45) is 10.5. The number of pyridine rings is 1. The summed E-state index contributed by atoms with van der Waals surface area (Å²) in [5.74, 6) is 1.40. The number of aryl methyl sites for hydroxylation is 4. The maximum absolute atomic E-state index is 2.83. The first-order valence-electron chi connectivity index (χ1n) is 18.9. The third kappa shape index (κ3) is 3.71. The lowest BCUT2D eigenvalue weighted by molar-refractivity contribution is -0.699. The average molecular weight is 674 g/mol.